The fourth-order valence-corrected chi connectivity index (χ4v) is 1.65. The van der Waals surface area contributed by atoms with E-state index >= 15 is 0 Å². The summed E-state index contributed by atoms with van der Waals surface area (Å²) in [6.45, 7) is 4.39. The van der Waals surface area contributed by atoms with Crippen LogP contribution in [0.15, 0.2) is 17.1 Å². The Balaban J connectivity index is 2.85. The molecule has 0 aromatic carbocycles. The van der Waals surface area contributed by atoms with E-state index in [1.807, 2.05) is 11.5 Å². The summed E-state index contributed by atoms with van der Waals surface area (Å²) in [6.07, 6.45) is 1.95. The molecule has 0 aliphatic rings. The maximum atomic E-state index is 11.7. The van der Waals surface area contributed by atoms with Crippen molar-refractivity contribution in [3.63, 3.8) is 0 Å². The average molecular weight is 258 g/mol. The molecule has 1 aromatic heterocycles. The lowest BCUT2D eigenvalue weighted by Crippen LogP contribution is -2.15. The van der Waals surface area contributed by atoms with Crippen molar-refractivity contribution in [1.82, 2.24) is 4.57 Å². The standard InChI is InChI=1S/C12H16ClNO3/c1-3-14-8-12(17-5-4-9(2)15)11(16)6-10(14)7-13/h6,8H,3-5,7H2,1-2H3. The molecule has 0 aliphatic heterocycles. The molecule has 0 saturated heterocycles. The minimum atomic E-state index is -0.200. The van der Waals surface area contributed by atoms with Crippen molar-refractivity contribution in [3.05, 3.63) is 28.2 Å². The fraction of sp³-hybridized carbons (Fsp3) is 0.500. The Morgan fingerprint density at radius 2 is 2.24 bits per heavy atom. The summed E-state index contributed by atoms with van der Waals surface area (Å²) >= 11 is 5.74. The van der Waals surface area contributed by atoms with Gasteiger partial charge in [-0.25, -0.2) is 0 Å². The number of hydrogen-bond acceptors (Lipinski definition) is 3. The van der Waals surface area contributed by atoms with Crippen LogP contribution in [0.5, 0.6) is 5.75 Å². The Hall–Kier alpha value is -1.29. The second-order valence-corrected chi connectivity index (χ2v) is 3.98. The number of carbonyl (C=O) groups is 1. The number of ether oxygens (including phenoxy) is 1. The number of halogens is 1. The molecule has 0 fully saturated rings. The van der Waals surface area contributed by atoms with Gasteiger partial charge in [0.25, 0.3) is 0 Å². The molecule has 0 atom stereocenters. The van der Waals surface area contributed by atoms with Crippen LogP contribution in [-0.2, 0) is 17.2 Å². The van der Waals surface area contributed by atoms with E-state index in [1.165, 1.54) is 13.0 Å². The van der Waals surface area contributed by atoms with Gasteiger partial charge < -0.3 is 9.30 Å². The topological polar surface area (TPSA) is 48.3 Å². The van der Waals surface area contributed by atoms with Gasteiger partial charge in [-0.05, 0) is 13.8 Å². The number of aryl methyl sites for hydroxylation is 1. The second kappa shape index (κ2) is 6.45. The van der Waals surface area contributed by atoms with Crippen LogP contribution in [0.1, 0.15) is 26.0 Å². The van der Waals surface area contributed by atoms with Gasteiger partial charge in [0.15, 0.2) is 5.75 Å². The normalized spacial score (nSPS) is 10.3. The van der Waals surface area contributed by atoms with Crippen LogP contribution < -0.4 is 10.2 Å². The monoisotopic (exact) mass is 257 g/mol. The predicted octanol–water partition coefficient (Wildman–Crippen LogP) is 1.96. The zero-order valence-electron chi connectivity index (χ0n) is 10.0. The molecule has 0 bridgehead atoms. The van der Waals surface area contributed by atoms with E-state index in [-0.39, 0.29) is 29.4 Å². The number of pyridine rings is 1. The smallest absolute Gasteiger partial charge is 0.223 e. The van der Waals surface area contributed by atoms with Crippen LogP contribution >= 0.6 is 11.6 Å². The first-order valence-electron chi connectivity index (χ1n) is 5.50. The third-order valence-electron chi connectivity index (χ3n) is 2.37. The highest BCUT2D eigenvalue weighted by atomic mass is 35.5. The second-order valence-electron chi connectivity index (χ2n) is 3.71. The lowest BCUT2D eigenvalue weighted by molar-refractivity contribution is -0.117. The van der Waals surface area contributed by atoms with E-state index in [1.54, 1.807) is 6.20 Å². The van der Waals surface area contributed by atoms with Crippen LogP contribution in [0, 0.1) is 0 Å². The number of carbonyl (C=O) groups excluding carboxylic acids is 1. The average Bonchev–Trinajstić information content (AvgIpc) is 2.30. The molecule has 1 rings (SSSR count). The molecule has 17 heavy (non-hydrogen) atoms. The van der Waals surface area contributed by atoms with Gasteiger partial charge in [-0.2, -0.15) is 0 Å². The van der Waals surface area contributed by atoms with E-state index in [9.17, 15) is 9.59 Å². The first kappa shape index (κ1) is 13.8. The Kier molecular flexibility index (Phi) is 5.22. The Labute approximate surface area is 105 Å². The van der Waals surface area contributed by atoms with Crippen molar-refractivity contribution in [2.45, 2.75) is 32.7 Å². The summed E-state index contributed by atoms with van der Waals surface area (Å²) in [5.74, 6) is 0.594. The highest BCUT2D eigenvalue weighted by molar-refractivity contribution is 6.16. The van der Waals surface area contributed by atoms with E-state index in [0.717, 1.165) is 5.69 Å². The Bertz CT molecular complexity index is 454. The fourth-order valence-electron chi connectivity index (χ4n) is 1.42. The number of hydrogen-bond donors (Lipinski definition) is 0. The van der Waals surface area contributed by atoms with Crippen LogP contribution in [0.25, 0.3) is 0 Å². The molecule has 0 amide bonds. The van der Waals surface area contributed by atoms with Crippen molar-refractivity contribution < 1.29 is 9.53 Å². The number of aromatic nitrogens is 1. The molecular weight excluding hydrogens is 242 g/mol. The highest BCUT2D eigenvalue weighted by Crippen LogP contribution is 2.09. The lowest BCUT2D eigenvalue weighted by atomic mass is 10.3. The molecule has 0 unspecified atom stereocenters. The maximum Gasteiger partial charge on any atom is 0.223 e. The summed E-state index contributed by atoms with van der Waals surface area (Å²) in [4.78, 5) is 22.4. The Morgan fingerprint density at radius 1 is 1.53 bits per heavy atom. The first-order chi connectivity index (χ1) is 8.08. The zero-order chi connectivity index (χ0) is 12.8. The van der Waals surface area contributed by atoms with E-state index in [4.69, 9.17) is 16.3 Å². The van der Waals surface area contributed by atoms with Gasteiger partial charge in [-0.1, -0.05) is 0 Å². The van der Waals surface area contributed by atoms with Crippen molar-refractivity contribution in [3.8, 4) is 5.75 Å². The summed E-state index contributed by atoms with van der Waals surface area (Å²) in [5.41, 5.74) is 0.562. The van der Waals surface area contributed by atoms with E-state index in [2.05, 4.69) is 0 Å². The first-order valence-corrected chi connectivity index (χ1v) is 6.03. The summed E-state index contributed by atoms with van der Waals surface area (Å²) < 4.78 is 7.15. The molecule has 0 radical (unpaired) electrons. The van der Waals surface area contributed by atoms with Crippen LogP contribution in [-0.4, -0.2) is 17.0 Å². The quantitative estimate of drug-likeness (QED) is 0.732. The van der Waals surface area contributed by atoms with Gasteiger partial charge in [-0.3, -0.25) is 9.59 Å². The van der Waals surface area contributed by atoms with Gasteiger partial charge in [0.05, 0.1) is 18.7 Å². The van der Waals surface area contributed by atoms with Crippen LogP contribution in [0.4, 0.5) is 0 Å². The van der Waals surface area contributed by atoms with Gasteiger partial charge >= 0.3 is 0 Å². The van der Waals surface area contributed by atoms with E-state index < -0.39 is 0 Å². The van der Waals surface area contributed by atoms with Gasteiger partial charge in [0.1, 0.15) is 5.78 Å². The van der Waals surface area contributed by atoms with Crippen molar-refractivity contribution in [1.29, 1.82) is 0 Å². The van der Waals surface area contributed by atoms with Gasteiger partial charge in [-0.15, -0.1) is 11.6 Å². The van der Waals surface area contributed by atoms with Gasteiger partial charge in [0, 0.05) is 24.7 Å². The van der Waals surface area contributed by atoms with Crippen molar-refractivity contribution in [2.24, 2.45) is 0 Å². The number of alkyl halides is 1. The Morgan fingerprint density at radius 3 is 2.76 bits per heavy atom. The van der Waals surface area contributed by atoms with E-state index in [0.29, 0.717) is 13.0 Å². The van der Waals surface area contributed by atoms with Crippen molar-refractivity contribution in [2.75, 3.05) is 6.61 Å². The minimum absolute atomic E-state index is 0.0400. The molecular formula is C12H16ClNO3. The maximum absolute atomic E-state index is 11.7. The molecule has 0 spiro atoms. The molecule has 1 aromatic rings. The molecule has 0 N–H and O–H groups in total. The summed E-state index contributed by atoms with van der Waals surface area (Å²) in [7, 11) is 0. The molecule has 4 nitrogen and oxygen atoms in total. The SMILES string of the molecule is CCn1cc(OCCC(C)=O)c(=O)cc1CCl. The molecule has 94 valence electrons. The number of rotatable bonds is 6. The van der Waals surface area contributed by atoms with Gasteiger partial charge in [0.2, 0.25) is 5.43 Å². The number of nitrogens with zero attached hydrogens (tertiary/aromatic N) is 1. The van der Waals surface area contributed by atoms with Crippen molar-refractivity contribution >= 4 is 17.4 Å². The molecule has 5 heteroatoms. The molecule has 1 heterocycles. The number of Topliss-reactive ketones (excluding diaryl/α,β-unsaturated/α-hetero) is 1. The zero-order valence-corrected chi connectivity index (χ0v) is 10.8. The summed E-state index contributed by atoms with van der Waals surface area (Å²) in [6, 6.07) is 1.47. The molecule has 0 saturated carbocycles. The predicted molar refractivity (Wildman–Crippen MR) is 66.7 cm³/mol. The largest absolute Gasteiger partial charge is 0.488 e. The third-order valence-corrected chi connectivity index (χ3v) is 2.65. The number of ketones is 1. The third kappa shape index (κ3) is 3.89. The molecule has 0 aliphatic carbocycles. The van der Waals surface area contributed by atoms with Crippen LogP contribution in [0.2, 0.25) is 0 Å². The minimum Gasteiger partial charge on any atom is -0.488 e. The summed E-state index contributed by atoms with van der Waals surface area (Å²) in [5, 5.41) is 0. The highest BCUT2D eigenvalue weighted by Gasteiger charge is 2.06. The van der Waals surface area contributed by atoms with Crippen LogP contribution in [0.3, 0.4) is 0 Å². The lowest BCUT2D eigenvalue weighted by Gasteiger charge is -2.11.